The number of fused-ring (bicyclic) bond motifs is 1. The lowest BCUT2D eigenvalue weighted by Gasteiger charge is -2.32. The van der Waals surface area contributed by atoms with Gasteiger partial charge >= 0.3 is 0 Å². The lowest BCUT2D eigenvalue weighted by atomic mass is 10.1. The minimum Gasteiger partial charge on any atom is -0.393 e. The molecule has 4 N–H and O–H groups in total. The van der Waals surface area contributed by atoms with Crippen LogP contribution >= 0.6 is 0 Å². The number of H-pyrrole nitrogens is 1. The molecule has 2 heterocycles. The van der Waals surface area contributed by atoms with E-state index >= 15 is 0 Å². The molecule has 2 aromatic carbocycles. The van der Waals surface area contributed by atoms with Crippen LogP contribution < -0.4 is 5.32 Å². The number of piperazine rings is 1. The highest BCUT2D eigenvalue weighted by Gasteiger charge is 2.15. The standard InChI is InChI=1S/C23H29N5O3/c1-27-10-12-28(13-11-27)9-8-16-2-5-18(6-3-16)24-23(31)17-4-7-19-20(14-17)26-22(25-19)21(30)15-29/h2-7,14,21,29-30H,8-13,15H2,1H3,(H,24,31)(H,25,26). The number of aromatic nitrogens is 2. The van der Waals surface area contributed by atoms with Gasteiger partial charge in [0.1, 0.15) is 11.9 Å². The number of anilines is 1. The number of imidazole rings is 1. The topological polar surface area (TPSA) is 105 Å². The van der Waals surface area contributed by atoms with Crippen molar-refractivity contribution in [2.24, 2.45) is 0 Å². The van der Waals surface area contributed by atoms with E-state index in [0.29, 0.717) is 16.6 Å². The van der Waals surface area contributed by atoms with Crippen molar-refractivity contribution >= 4 is 22.6 Å². The molecule has 8 nitrogen and oxygen atoms in total. The zero-order valence-corrected chi connectivity index (χ0v) is 17.7. The number of nitrogens with zero attached hydrogens (tertiary/aromatic N) is 3. The Bertz CT molecular complexity index is 1030. The molecule has 8 heteroatoms. The summed E-state index contributed by atoms with van der Waals surface area (Å²) in [4.78, 5) is 24.7. The largest absolute Gasteiger partial charge is 0.393 e. The minimum atomic E-state index is -1.07. The third-order valence-corrected chi connectivity index (χ3v) is 5.78. The van der Waals surface area contributed by atoms with Crippen LogP contribution in [0.5, 0.6) is 0 Å². The Balaban J connectivity index is 1.34. The van der Waals surface area contributed by atoms with Crippen LogP contribution in [0, 0.1) is 0 Å². The highest BCUT2D eigenvalue weighted by Crippen LogP contribution is 2.19. The third kappa shape index (κ3) is 5.29. The Morgan fingerprint density at radius 3 is 2.61 bits per heavy atom. The Kier molecular flexibility index (Phi) is 6.62. The van der Waals surface area contributed by atoms with Crippen LogP contribution in [0.25, 0.3) is 11.0 Å². The van der Waals surface area contributed by atoms with E-state index in [-0.39, 0.29) is 11.7 Å². The van der Waals surface area contributed by atoms with Gasteiger partial charge in [0.15, 0.2) is 0 Å². The second-order valence-corrected chi connectivity index (χ2v) is 8.10. The van der Waals surface area contributed by atoms with Gasteiger partial charge in [-0.3, -0.25) is 4.79 Å². The van der Waals surface area contributed by atoms with Gasteiger partial charge in [0.2, 0.25) is 0 Å². The first kappa shape index (κ1) is 21.5. The highest BCUT2D eigenvalue weighted by molar-refractivity contribution is 6.05. The smallest absolute Gasteiger partial charge is 0.255 e. The fourth-order valence-electron chi connectivity index (χ4n) is 3.73. The molecule has 1 saturated heterocycles. The van der Waals surface area contributed by atoms with E-state index in [1.807, 2.05) is 12.1 Å². The van der Waals surface area contributed by atoms with Crippen molar-refractivity contribution < 1.29 is 15.0 Å². The van der Waals surface area contributed by atoms with Gasteiger partial charge in [-0.25, -0.2) is 4.98 Å². The fourth-order valence-corrected chi connectivity index (χ4v) is 3.73. The summed E-state index contributed by atoms with van der Waals surface area (Å²) in [6.45, 7) is 5.12. The van der Waals surface area contributed by atoms with E-state index in [1.165, 1.54) is 5.56 Å². The highest BCUT2D eigenvalue weighted by atomic mass is 16.3. The number of benzene rings is 2. The van der Waals surface area contributed by atoms with Crippen LogP contribution in [0.15, 0.2) is 42.5 Å². The van der Waals surface area contributed by atoms with Crippen molar-refractivity contribution in [3.8, 4) is 0 Å². The molecule has 31 heavy (non-hydrogen) atoms. The van der Waals surface area contributed by atoms with Crippen LogP contribution in [0.4, 0.5) is 5.69 Å². The maximum Gasteiger partial charge on any atom is 0.255 e. The number of amides is 1. The van der Waals surface area contributed by atoms with E-state index in [2.05, 4.69) is 44.3 Å². The van der Waals surface area contributed by atoms with E-state index in [4.69, 9.17) is 5.11 Å². The number of hydrogen-bond acceptors (Lipinski definition) is 6. The molecule has 164 valence electrons. The number of rotatable bonds is 7. The number of likely N-dealkylation sites (N-methyl/N-ethyl adjacent to an activating group) is 1. The summed E-state index contributed by atoms with van der Waals surface area (Å²) >= 11 is 0. The predicted molar refractivity (Wildman–Crippen MR) is 120 cm³/mol. The Morgan fingerprint density at radius 2 is 1.90 bits per heavy atom. The van der Waals surface area contributed by atoms with Gasteiger partial charge in [-0.1, -0.05) is 12.1 Å². The van der Waals surface area contributed by atoms with Gasteiger partial charge in [0, 0.05) is 44.0 Å². The first-order valence-electron chi connectivity index (χ1n) is 10.6. The summed E-state index contributed by atoms with van der Waals surface area (Å²) < 4.78 is 0. The van der Waals surface area contributed by atoms with Crippen LogP contribution in [-0.4, -0.2) is 82.3 Å². The summed E-state index contributed by atoms with van der Waals surface area (Å²) in [5.74, 6) is 0.0631. The molecule has 1 fully saturated rings. The summed E-state index contributed by atoms with van der Waals surface area (Å²) in [6, 6.07) is 13.1. The van der Waals surface area contributed by atoms with Crippen molar-refractivity contribution in [1.29, 1.82) is 0 Å². The molecule has 0 aliphatic carbocycles. The summed E-state index contributed by atoms with van der Waals surface area (Å²) in [7, 11) is 2.16. The molecule has 1 aliphatic rings. The van der Waals surface area contributed by atoms with Gasteiger partial charge in [0.25, 0.3) is 5.91 Å². The maximum atomic E-state index is 12.7. The number of aliphatic hydroxyl groups excluding tert-OH is 2. The first-order chi connectivity index (χ1) is 15.0. The van der Waals surface area contributed by atoms with Gasteiger partial charge in [0.05, 0.1) is 17.6 Å². The van der Waals surface area contributed by atoms with Crippen LogP contribution in [-0.2, 0) is 6.42 Å². The van der Waals surface area contributed by atoms with Gasteiger partial charge in [-0.15, -0.1) is 0 Å². The summed E-state index contributed by atoms with van der Waals surface area (Å²) in [6.07, 6.45) is -0.0735. The molecule has 0 saturated carbocycles. The molecule has 1 unspecified atom stereocenters. The van der Waals surface area contributed by atoms with E-state index < -0.39 is 12.7 Å². The number of hydrogen-bond donors (Lipinski definition) is 4. The van der Waals surface area contributed by atoms with Crippen LogP contribution in [0.2, 0.25) is 0 Å². The summed E-state index contributed by atoms with van der Waals surface area (Å²) in [5.41, 5.74) is 3.75. The minimum absolute atomic E-state index is 0.217. The number of carbonyl (C=O) groups is 1. The molecule has 4 rings (SSSR count). The van der Waals surface area contributed by atoms with Crippen molar-refractivity contribution in [2.75, 3.05) is 51.7 Å². The van der Waals surface area contributed by atoms with E-state index in [1.54, 1.807) is 18.2 Å². The molecule has 1 amide bonds. The second kappa shape index (κ2) is 9.57. The predicted octanol–water partition coefficient (Wildman–Crippen LogP) is 1.63. The molecule has 0 radical (unpaired) electrons. The number of aliphatic hydroxyl groups is 2. The average Bonchev–Trinajstić information content (AvgIpc) is 3.22. The second-order valence-electron chi connectivity index (χ2n) is 8.10. The summed E-state index contributed by atoms with van der Waals surface area (Å²) in [5, 5.41) is 21.7. The van der Waals surface area contributed by atoms with Crippen molar-refractivity contribution in [3.63, 3.8) is 0 Å². The molecule has 0 bridgehead atoms. The maximum absolute atomic E-state index is 12.7. The van der Waals surface area contributed by atoms with E-state index in [9.17, 15) is 9.90 Å². The molecule has 1 aliphatic heterocycles. The van der Waals surface area contributed by atoms with Crippen LogP contribution in [0.3, 0.4) is 0 Å². The Morgan fingerprint density at radius 1 is 1.16 bits per heavy atom. The van der Waals surface area contributed by atoms with Gasteiger partial charge in [-0.2, -0.15) is 0 Å². The average molecular weight is 424 g/mol. The monoisotopic (exact) mass is 423 g/mol. The van der Waals surface area contributed by atoms with Crippen molar-refractivity contribution in [3.05, 3.63) is 59.4 Å². The molecule has 0 spiro atoms. The number of aromatic amines is 1. The van der Waals surface area contributed by atoms with Gasteiger partial charge < -0.3 is 30.3 Å². The Hall–Kier alpha value is -2.78. The SMILES string of the molecule is CN1CCN(CCc2ccc(NC(=O)c3ccc4nc(C(O)CO)[nH]c4c3)cc2)CC1. The lowest BCUT2D eigenvalue weighted by molar-refractivity contribution is 0.0895. The number of nitrogens with one attached hydrogen (secondary N) is 2. The molecule has 3 aromatic rings. The molecule has 1 aromatic heterocycles. The molecular formula is C23H29N5O3. The lowest BCUT2D eigenvalue weighted by Crippen LogP contribution is -2.45. The Labute approximate surface area is 181 Å². The van der Waals surface area contributed by atoms with Crippen LogP contribution in [0.1, 0.15) is 27.8 Å². The quantitative estimate of drug-likeness (QED) is 0.461. The van der Waals surface area contributed by atoms with E-state index in [0.717, 1.165) is 44.8 Å². The first-order valence-corrected chi connectivity index (χ1v) is 10.6. The normalized spacial score (nSPS) is 16.5. The van der Waals surface area contributed by atoms with Crippen molar-refractivity contribution in [1.82, 2.24) is 19.8 Å². The number of carbonyl (C=O) groups excluding carboxylic acids is 1. The van der Waals surface area contributed by atoms with Crippen molar-refractivity contribution in [2.45, 2.75) is 12.5 Å². The fraction of sp³-hybridized carbons (Fsp3) is 0.391. The van der Waals surface area contributed by atoms with Gasteiger partial charge in [-0.05, 0) is 49.4 Å². The zero-order chi connectivity index (χ0) is 21.8. The third-order valence-electron chi connectivity index (χ3n) is 5.78. The zero-order valence-electron chi connectivity index (χ0n) is 17.7. The molecule has 1 atom stereocenters. The molecular weight excluding hydrogens is 394 g/mol.